The maximum Gasteiger partial charge on any atom is 0.221 e. The molecule has 32 heavy (non-hydrogen) atoms. The van der Waals surface area contributed by atoms with Crippen molar-refractivity contribution >= 4 is 17.7 Å². The van der Waals surface area contributed by atoms with Crippen LogP contribution in [0.15, 0.2) is 0 Å². The first-order valence-electron chi connectivity index (χ1n) is 12.1. The summed E-state index contributed by atoms with van der Waals surface area (Å²) in [7, 11) is 0. The minimum atomic E-state index is -0.344. The van der Waals surface area contributed by atoms with Crippen molar-refractivity contribution in [1.29, 1.82) is 0 Å². The second kappa shape index (κ2) is 16.8. The third-order valence-electron chi connectivity index (χ3n) is 5.70. The summed E-state index contributed by atoms with van der Waals surface area (Å²) in [6, 6.07) is 1.10. The number of nitrogens with one attached hydrogen (secondary N) is 3. The van der Waals surface area contributed by atoms with Crippen molar-refractivity contribution in [2.45, 2.75) is 64.5 Å². The van der Waals surface area contributed by atoms with Crippen LogP contribution in [0.25, 0.3) is 0 Å². The van der Waals surface area contributed by atoms with Crippen molar-refractivity contribution in [3.8, 4) is 0 Å². The van der Waals surface area contributed by atoms with E-state index in [1.54, 1.807) is 0 Å². The Morgan fingerprint density at radius 3 is 1.94 bits per heavy atom. The number of hydrogen-bond donors (Lipinski definition) is 5. The fourth-order valence-corrected chi connectivity index (χ4v) is 3.84. The van der Waals surface area contributed by atoms with Crippen LogP contribution in [0.2, 0.25) is 0 Å². The second-order valence-corrected chi connectivity index (χ2v) is 8.68. The van der Waals surface area contributed by atoms with Gasteiger partial charge >= 0.3 is 0 Å². The van der Waals surface area contributed by atoms with Gasteiger partial charge in [-0.05, 0) is 32.7 Å². The van der Waals surface area contributed by atoms with E-state index in [2.05, 4.69) is 39.6 Å². The van der Waals surface area contributed by atoms with E-state index in [9.17, 15) is 14.4 Å². The summed E-state index contributed by atoms with van der Waals surface area (Å²) in [6.45, 7) is 10.0. The first-order valence-corrected chi connectivity index (χ1v) is 12.1. The van der Waals surface area contributed by atoms with Gasteiger partial charge in [-0.1, -0.05) is 6.92 Å². The third-order valence-corrected chi connectivity index (χ3v) is 5.70. The smallest absolute Gasteiger partial charge is 0.221 e. The lowest BCUT2D eigenvalue weighted by Crippen LogP contribution is -2.51. The zero-order chi connectivity index (χ0) is 23.8. The molecule has 0 aromatic rings. The molecule has 0 aliphatic carbocycles. The second-order valence-electron chi connectivity index (χ2n) is 8.68. The number of rotatable bonds is 19. The standard InChI is InChI=1S/C22H45N7O3/c1-3-11-28(13-6-22(32)26-10-8-23)15-16-29(12-5-20(24)30)14-7-21(31)25-9-4-19-17-18(2)27-19/h18-19,27H,3-17,23H2,1-2H3,(H2,24,30)(H,25,31)(H,26,32). The number of primary amides is 1. The molecule has 10 nitrogen and oxygen atoms in total. The Kier molecular flexibility index (Phi) is 14.9. The van der Waals surface area contributed by atoms with Gasteiger partial charge in [0.1, 0.15) is 0 Å². The van der Waals surface area contributed by atoms with Crippen LogP contribution in [-0.2, 0) is 14.4 Å². The molecule has 1 aliphatic heterocycles. The van der Waals surface area contributed by atoms with Crippen LogP contribution in [-0.4, -0.2) is 98.5 Å². The highest BCUT2D eigenvalue weighted by Gasteiger charge is 2.23. The molecule has 3 amide bonds. The average Bonchev–Trinajstić information content (AvgIpc) is 2.73. The summed E-state index contributed by atoms with van der Waals surface area (Å²) in [5, 5.41) is 9.20. The lowest BCUT2D eigenvalue weighted by Gasteiger charge is -2.35. The van der Waals surface area contributed by atoms with E-state index in [0.717, 1.165) is 32.5 Å². The number of nitrogens with zero attached hydrogens (tertiary/aromatic N) is 2. The van der Waals surface area contributed by atoms with Crippen LogP contribution in [0.5, 0.6) is 0 Å². The minimum absolute atomic E-state index is 0.00497. The van der Waals surface area contributed by atoms with Gasteiger partial charge in [-0.15, -0.1) is 0 Å². The Morgan fingerprint density at radius 1 is 0.906 bits per heavy atom. The van der Waals surface area contributed by atoms with E-state index in [4.69, 9.17) is 11.5 Å². The van der Waals surface area contributed by atoms with Crippen LogP contribution in [0.3, 0.4) is 0 Å². The summed E-state index contributed by atoms with van der Waals surface area (Å²) in [5.74, 6) is -0.308. The van der Waals surface area contributed by atoms with Crippen molar-refractivity contribution in [3.63, 3.8) is 0 Å². The fourth-order valence-electron chi connectivity index (χ4n) is 3.84. The van der Waals surface area contributed by atoms with Crippen molar-refractivity contribution in [2.24, 2.45) is 11.5 Å². The third kappa shape index (κ3) is 13.6. The molecule has 2 atom stereocenters. The molecular formula is C22H45N7O3. The summed E-state index contributed by atoms with van der Waals surface area (Å²) in [4.78, 5) is 39.7. The molecule has 0 radical (unpaired) electrons. The van der Waals surface area contributed by atoms with Crippen LogP contribution >= 0.6 is 0 Å². The largest absolute Gasteiger partial charge is 0.370 e. The van der Waals surface area contributed by atoms with Gasteiger partial charge in [0.2, 0.25) is 17.7 Å². The van der Waals surface area contributed by atoms with Gasteiger partial charge in [0.25, 0.3) is 0 Å². The van der Waals surface area contributed by atoms with Crippen LogP contribution < -0.4 is 27.4 Å². The molecule has 7 N–H and O–H groups in total. The van der Waals surface area contributed by atoms with Crippen LogP contribution in [0, 0.1) is 0 Å². The quantitative estimate of drug-likeness (QED) is 0.168. The highest BCUT2D eigenvalue weighted by Crippen LogP contribution is 2.13. The Balaban J connectivity index is 2.38. The van der Waals surface area contributed by atoms with Crippen molar-refractivity contribution in [2.75, 3.05) is 58.9 Å². The zero-order valence-corrected chi connectivity index (χ0v) is 20.0. The van der Waals surface area contributed by atoms with Crippen LogP contribution in [0.1, 0.15) is 52.4 Å². The van der Waals surface area contributed by atoms with E-state index in [1.165, 1.54) is 6.42 Å². The molecule has 1 fully saturated rings. The highest BCUT2D eigenvalue weighted by atomic mass is 16.2. The summed E-state index contributed by atoms with van der Waals surface area (Å²) in [5.41, 5.74) is 10.7. The molecule has 1 heterocycles. The van der Waals surface area contributed by atoms with Gasteiger partial charge in [0, 0.05) is 83.7 Å². The van der Waals surface area contributed by atoms with E-state index in [0.29, 0.717) is 64.2 Å². The van der Waals surface area contributed by atoms with Gasteiger partial charge in [0.05, 0.1) is 0 Å². The van der Waals surface area contributed by atoms with E-state index in [-0.39, 0.29) is 24.1 Å². The molecule has 186 valence electrons. The number of nitrogens with two attached hydrogens (primary N) is 2. The molecule has 1 saturated heterocycles. The summed E-state index contributed by atoms with van der Waals surface area (Å²) < 4.78 is 0. The van der Waals surface area contributed by atoms with Crippen molar-refractivity contribution in [1.82, 2.24) is 25.8 Å². The maximum atomic E-state index is 12.2. The van der Waals surface area contributed by atoms with Crippen molar-refractivity contribution in [3.05, 3.63) is 0 Å². The van der Waals surface area contributed by atoms with E-state index < -0.39 is 0 Å². The molecule has 0 aromatic heterocycles. The molecule has 0 bridgehead atoms. The van der Waals surface area contributed by atoms with Gasteiger partial charge in [-0.25, -0.2) is 0 Å². The first-order chi connectivity index (χ1) is 15.3. The summed E-state index contributed by atoms with van der Waals surface area (Å²) in [6.07, 6.45) is 4.19. The fraction of sp³-hybridized carbons (Fsp3) is 0.864. The van der Waals surface area contributed by atoms with E-state index >= 15 is 0 Å². The average molecular weight is 456 g/mol. The topological polar surface area (TPSA) is 146 Å². The minimum Gasteiger partial charge on any atom is -0.370 e. The Bertz CT molecular complexity index is 556. The number of carbonyl (C=O) groups excluding carboxylic acids is 3. The summed E-state index contributed by atoms with van der Waals surface area (Å²) >= 11 is 0. The Hall–Kier alpha value is -1.75. The lowest BCUT2D eigenvalue weighted by atomic mass is 9.96. The maximum absolute atomic E-state index is 12.2. The highest BCUT2D eigenvalue weighted by molar-refractivity contribution is 5.76. The molecule has 0 aromatic carbocycles. The molecule has 10 heteroatoms. The Labute approximate surface area is 193 Å². The molecule has 2 unspecified atom stereocenters. The van der Waals surface area contributed by atoms with Gasteiger partial charge in [-0.3, -0.25) is 14.4 Å². The molecule has 0 saturated carbocycles. The number of amides is 3. The molecule has 1 aliphatic rings. The monoisotopic (exact) mass is 455 g/mol. The number of carbonyl (C=O) groups is 3. The molecular weight excluding hydrogens is 410 g/mol. The SMILES string of the molecule is CCCN(CCC(=O)NCCN)CCN(CCC(N)=O)CCC(=O)NCCC1CC(C)N1. The normalized spacial score (nSPS) is 17.9. The molecule has 1 rings (SSSR count). The predicted molar refractivity (Wildman–Crippen MR) is 127 cm³/mol. The van der Waals surface area contributed by atoms with Crippen LogP contribution in [0.4, 0.5) is 0 Å². The predicted octanol–water partition coefficient (Wildman–Crippen LogP) is -1.01. The number of hydrogen-bond acceptors (Lipinski definition) is 7. The van der Waals surface area contributed by atoms with E-state index in [1.807, 2.05) is 0 Å². The van der Waals surface area contributed by atoms with Crippen molar-refractivity contribution < 1.29 is 14.4 Å². The zero-order valence-electron chi connectivity index (χ0n) is 20.0. The Morgan fingerprint density at radius 2 is 1.44 bits per heavy atom. The van der Waals surface area contributed by atoms with Gasteiger partial charge in [0.15, 0.2) is 0 Å². The van der Waals surface area contributed by atoms with Gasteiger partial charge in [-0.2, -0.15) is 0 Å². The molecule has 0 spiro atoms. The first kappa shape index (κ1) is 28.3. The van der Waals surface area contributed by atoms with Gasteiger partial charge < -0.3 is 37.2 Å². The lowest BCUT2D eigenvalue weighted by molar-refractivity contribution is -0.122.